The van der Waals surface area contributed by atoms with Crippen LogP contribution in [0, 0.1) is 0 Å². The lowest BCUT2D eigenvalue weighted by molar-refractivity contribution is -0.137. The van der Waals surface area contributed by atoms with Crippen molar-refractivity contribution >= 4 is 23.2 Å². The Morgan fingerprint density at radius 3 is 2.96 bits per heavy atom. The molecule has 0 aliphatic carbocycles. The summed E-state index contributed by atoms with van der Waals surface area (Å²) in [6, 6.07) is 5.13. The van der Waals surface area contributed by atoms with Crippen LogP contribution in [0.1, 0.15) is 22.5 Å². The van der Waals surface area contributed by atoms with Crippen LogP contribution in [0.2, 0.25) is 0 Å². The van der Waals surface area contributed by atoms with Gasteiger partial charge in [-0.15, -0.1) is 11.3 Å². The lowest BCUT2D eigenvalue weighted by Crippen LogP contribution is -2.36. The zero-order chi connectivity index (χ0) is 19.0. The number of hydrogen-bond donors (Lipinski definition) is 1. The Balaban J connectivity index is 1.55. The molecule has 1 amide bonds. The molecule has 2 unspecified atom stereocenters. The van der Waals surface area contributed by atoms with E-state index in [-0.39, 0.29) is 31.3 Å². The number of likely N-dealkylation sites (tertiary alicyclic amines) is 1. The maximum absolute atomic E-state index is 12.9. The van der Waals surface area contributed by atoms with Crippen molar-refractivity contribution in [1.29, 1.82) is 0 Å². The van der Waals surface area contributed by atoms with Crippen molar-refractivity contribution in [1.82, 2.24) is 9.88 Å². The third-order valence-corrected chi connectivity index (χ3v) is 5.75. The Hall–Kier alpha value is -2.65. The summed E-state index contributed by atoms with van der Waals surface area (Å²) in [6.45, 7) is 0.575. The number of ether oxygens (including phenoxy) is 3. The molecule has 1 fully saturated rings. The molecule has 1 aromatic carbocycles. The minimum atomic E-state index is -0.931. The second-order valence-electron chi connectivity index (χ2n) is 6.40. The lowest BCUT2D eigenvalue weighted by Gasteiger charge is -2.22. The van der Waals surface area contributed by atoms with E-state index in [1.54, 1.807) is 12.0 Å². The zero-order valence-electron chi connectivity index (χ0n) is 14.6. The number of thiazole rings is 1. The summed E-state index contributed by atoms with van der Waals surface area (Å²) in [7, 11) is 1.57. The molecule has 1 N–H and O–H groups in total. The van der Waals surface area contributed by atoms with Gasteiger partial charge < -0.3 is 24.2 Å². The Bertz CT molecular complexity index is 882. The number of rotatable bonds is 5. The molecule has 2 aromatic rings. The molecule has 0 bridgehead atoms. The van der Waals surface area contributed by atoms with Gasteiger partial charge in [0, 0.05) is 25.3 Å². The number of methoxy groups -OCH3 is 1. The first-order chi connectivity index (χ1) is 13.0. The fraction of sp³-hybridized carbons (Fsp3) is 0.389. The van der Waals surface area contributed by atoms with E-state index in [4.69, 9.17) is 19.3 Å². The molecule has 0 radical (unpaired) electrons. The first-order valence-corrected chi connectivity index (χ1v) is 9.28. The van der Waals surface area contributed by atoms with E-state index in [0.717, 1.165) is 5.56 Å². The van der Waals surface area contributed by atoms with Gasteiger partial charge in [0.1, 0.15) is 9.88 Å². The van der Waals surface area contributed by atoms with Crippen LogP contribution in [-0.2, 0) is 9.53 Å². The summed E-state index contributed by atoms with van der Waals surface area (Å²) >= 11 is 1.27. The van der Waals surface area contributed by atoms with Crippen LogP contribution in [0.15, 0.2) is 24.4 Å². The summed E-state index contributed by atoms with van der Waals surface area (Å²) in [6.07, 6.45) is 1.80. The minimum Gasteiger partial charge on any atom is -0.481 e. The number of aromatic nitrogens is 1. The van der Waals surface area contributed by atoms with Gasteiger partial charge >= 0.3 is 5.97 Å². The number of amides is 1. The molecular formula is C18H18N2O6S. The topological polar surface area (TPSA) is 98.2 Å². The first-order valence-electron chi connectivity index (χ1n) is 8.46. The number of carboxylic acids is 1. The van der Waals surface area contributed by atoms with E-state index in [1.807, 2.05) is 18.2 Å². The van der Waals surface area contributed by atoms with Crippen LogP contribution in [-0.4, -0.2) is 59.5 Å². The molecule has 4 rings (SSSR count). The molecule has 9 heteroatoms. The average Bonchev–Trinajstić information content (AvgIpc) is 3.38. The van der Waals surface area contributed by atoms with E-state index in [1.165, 1.54) is 17.5 Å². The number of aliphatic carboxylic acids is 1. The Morgan fingerprint density at radius 2 is 2.19 bits per heavy atom. The number of carbonyl (C=O) groups excluding carboxylic acids is 1. The summed E-state index contributed by atoms with van der Waals surface area (Å²) in [5, 5.41) is 9.81. The van der Waals surface area contributed by atoms with E-state index in [2.05, 4.69) is 4.98 Å². The van der Waals surface area contributed by atoms with Gasteiger partial charge in [0.2, 0.25) is 6.79 Å². The second kappa shape index (κ2) is 7.16. The maximum Gasteiger partial charge on any atom is 0.305 e. The molecule has 1 saturated heterocycles. The van der Waals surface area contributed by atoms with Crippen LogP contribution in [0.25, 0.3) is 10.6 Å². The monoisotopic (exact) mass is 390 g/mol. The smallest absolute Gasteiger partial charge is 0.305 e. The number of hydrogen-bond acceptors (Lipinski definition) is 7. The van der Waals surface area contributed by atoms with Gasteiger partial charge in [-0.2, -0.15) is 0 Å². The van der Waals surface area contributed by atoms with E-state index in [0.29, 0.717) is 34.3 Å². The van der Waals surface area contributed by atoms with Crippen molar-refractivity contribution in [2.75, 3.05) is 20.4 Å². The number of nitrogens with zero attached hydrogens (tertiary/aromatic N) is 2. The first kappa shape index (κ1) is 17.7. The minimum absolute atomic E-state index is 0.0978. The van der Waals surface area contributed by atoms with Crippen LogP contribution >= 0.6 is 11.3 Å². The number of carbonyl (C=O) groups is 2. The molecule has 0 saturated carbocycles. The Labute approximate surface area is 159 Å². The predicted octanol–water partition coefficient (Wildman–Crippen LogP) is 2.24. The van der Waals surface area contributed by atoms with E-state index < -0.39 is 5.97 Å². The Morgan fingerprint density at radius 1 is 1.37 bits per heavy atom. The fourth-order valence-electron chi connectivity index (χ4n) is 3.37. The highest BCUT2D eigenvalue weighted by molar-refractivity contribution is 7.16. The summed E-state index contributed by atoms with van der Waals surface area (Å²) in [5.74, 6) is 0.190. The summed E-state index contributed by atoms with van der Waals surface area (Å²) < 4.78 is 16.0. The second-order valence-corrected chi connectivity index (χ2v) is 7.43. The molecule has 2 atom stereocenters. The lowest BCUT2D eigenvalue weighted by atomic mass is 10.1. The van der Waals surface area contributed by atoms with Crippen LogP contribution in [0.5, 0.6) is 11.5 Å². The van der Waals surface area contributed by atoms with Crippen LogP contribution in [0.4, 0.5) is 0 Å². The van der Waals surface area contributed by atoms with Crippen molar-refractivity contribution in [2.45, 2.75) is 25.0 Å². The predicted molar refractivity (Wildman–Crippen MR) is 96.2 cm³/mol. The number of fused-ring (bicyclic) bond motifs is 1. The third-order valence-electron chi connectivity index (χ3n) is 4.72. The number of carboxylic acid groups (broad SMARTS) is 1. The van der Waals surface area contributed by atoms with E-state index in [9.17, 15) is 9.59 Å². The Kier molecular flexibility index (Phi) is 4.71. The van der Waals surface area contributed by atoms with Gasteiger partial charge in [0.25, 0.3) is 5.91 Å². The molecular weight excluding hydrogens is 372 g/mol. The fourth-order valence-corrected chi connectivity index (χ4v) is 4.23. The van der Waals surface area contributed by atoms with E-state index >= 15 is 0 Å². The van der Waals surface area contributed by atoms with Crippen molar-refractivity contribution in [2.24, 2.45) is 0 Å². The van der Waals surface area contributed by atoms with Crippen molar-refractivity contribution in [3.63, 3.8) is 0 Å². The van der Waals surface area contributed by atoms with Gasteiger partial charge in [-0.1, -0.05) is 0 Å². The molecule has 8 nitrogen and oxygen atoms in total. The highest BCUT2D eigenvalue weighted by Gasteiger charge is 2.37. The van der Waals surface area contributed by atoms with Crippen molar-refractivity contribution in [3.8, 4) is 22.1 Å². The molecule has 142 valence electrons. The van der Waals surface area contributed by atoms with Crippen LogP contribution < -0.4 is 9.47 Å². The van der Waals surface area contributed by atoms with Crippen molar-refractivity contribution < 1.29 is 28.9 Å². The average molecular weight is 390 g/mol. The summed E-state index contributed by atoms with van der Waals surface area (Å²) in [4.78, 5) is 30.5. The zero-order valence-corrected chi connectivity index (χ0v) is 15.4. The molecule has 2 aliphatic rings. The molecule has 0 spiro atoms. The van der Waals surface area contributed by atoms with Gasteiger partial charge in [0.05, 0.1) is 18.7 Å². The number of benzene rings is 1. The summed E-state index contributed by atoms with van der Waals surface area (Å²) in [5.41, 5.74) is 0.835. The van der Waals surface area contributed by atoms with Gasteiger partial charge in [-0.05, 0) is 24.6 Å². The largest absolute Gasteiger partial charge is 0.481 e. The third kappa shape index (κ3) is 3.47. The van der Waals surface area contributed by atoms with Crippen molar-refractivity contribution in [3.05, 3.63) is 29.3 Å². The standard InChI is InChI=1S/C18H18N2O6S/c1-24-12-5-11(6-16(21)22)20(8-12)18(23)15-7-19-17(27-15)10-2-3-13-14(4-10)26-9-25-13/h2-4,7,11-12H,5-6,8-9H2,1H3,(H,21,22). The van der Waals surface area contributed by atoms with Gasteiger partial charge in [-0.25, -0.2) is 4.98 Å². The van der Waals surface area contributed by atoms with Crippen LogP contribution in [0.3, 0.4) is 0 Å². The SMILES string of the molecule is COC1CC(CC(=O)O)N(C(=O)c2cnc(-c3ccc4c(c3)OCO4)s2)C1. The highest BCUT2D eigenvalue weighted by Crippen LogP contribution is 2.37. The highest BCUT2D eigenvalue weighted by atomic mass is 32.1. The molecule has 3 heterocycles. The van der Waals surface area contributed by atoms with Gasteiger partial charge in [0.15, 0.2) is 11.5 Å². The quantitative estimate of drug-likeness (QED) is 0.836. The van der Waals surface area contributed by atoms with Gasteiger partial charge in [-0.3, -0.25) is 9.59 Å². The molecule has 2 aliphatic heterocycles. The normalized spacial score (nSPS) is 20.9. The molecule has 1 aromatic heterocycles. The maximum atomic E-state index is 12.9. The molecule has 27 heavy (non-hydrogen) atoms.